The van der Waals surface area contributed by atoms with E-state index in [1.807, 2.05) is 12.1 Å². The van der Waals surface area contributed by atoms with Gasteiger partial charge in [-0.2, -0.15) is 0 Å². The summed E-state index contributed by atoms with van der Waals surface area (Å²) in [6.07, 6.45) is 4.59. The van der Waals surface area contributed by atoms with Crippen molar-refractivity contribution in [3.05, 3.63) is 65.5 Å². The third-order valence-electron chi connectivity index (χ3n) is 5.47. The molecule has 7 heteroatoms. The molecule has 4 rings (SSSR count). The van der Waals surface area contributed by atoms with Gasteiger partial charge in [-0.15, -0.1) is 24.8 Å². The maximum absolute atomic E-state index is 11.6. The second-order valence-electron chi connectivity index (χ2n) is 7.42. The van der Waals surface area contributed by atoms with E-state index in [0.717, 1.165) is 43.8 Å². The molecule has 0 radical (unpaired) electrons. The molecule has 1 fully saturated rings. The van der Waals surface area contributed by atoms with Gasteiger partial charge in [0.15, 0.2) is 0 Å². The number of aryl methyl sites for hydroxylation is 1. The number of imidazole rings is 1. The lowest BCUT2D eigenvalue weighted by Gasteiger charge is -2.31. The van der Waals surface area contributed by atoms with Crippen molar-refractivity contribution in [3.8, 4) is 0 Å². The number of hydrogen-bond donors (Lipinski definition) is 2. The van der Waals surface area contributed by atoms with Gasteiger partial charge in [0.25, 0.3) is 5.91 Å². The number of fused-ring (bicyclic) bond motifs is 1. The van der Waals surface area contributed by atoms with E-state index in [-0.39, 0.29) is 24.8 Å². The van der Waals surface area contributed by atoms with Crippen LogP contribution in [0.1, 0.15) is 46.9 Å². The van der Waals surface area contributed by atoms with Gasteiger partial charge >= 0.3 is 0 Å². The first-order chi connectivity index (χ1) is 13.2. The molecule has 0 bridgehead atoms. The van der Waals surface area contributed by atoms with Crippen LogP contribution < -0.4 is 5.73 Å². The van der Waals surface area contributed by atoms with Gasteiger partial charge in [-0.25, -0.2) is 4.98 Å². The Hall–Kier alpha value is -2.08. The van der Waals surface area contributed by atoms with Crippen LogP contribution in [0.4, 0.5) is 0 Å². The zero-order valence-electron chi connectivity index (χ0n) is 16.3. The molecule has 2 aromatic carbocycles. The smallest absolute Gasteiger partial charge is 0.250 e. The van der Waals surface area contributed by atoms with Crippen molar-refractivity contribution >= 4 is 41.8 Å². The summed E-state index contributed by atoms with van der Waals surface area (Å²) in [5.41, 5.74) is 8.97. The van der Waals surface area contributed by atoms with Gasteiger partial charge in [0, 0.05) is 12.5 Å². The van der Waals surface area contributed by atoms with E-state index in [4.69, 9.17) is 10.7 Å². The summed E-state index contributed by atoms with van der Waals surface area (Å²) < 4.78 is 0. The Labute approximate surface area is 183 Å². The Morgan fingerprint density at radius 2 is 1.93 bits per heavy atom. The summed E-state index contributed by atoms with van der Waals surface area (Å²) in [6.45, 7) is 3.27. The van der Waals surface area contributed by atoms with Crippen LogP contribution >= 0.6 is 24.8 Å². The molecule has 1 amide bonds. The monoisotopic (exact) mass is 434 g/mol. The quantitative estimate of drug-likeness (QED) is 0.606. The summed E-state index contributed by atoms with van der Waals surface area (Å²) in [5, 5.41) is 0. The third-order valence-corrected chi connectivity index (χ3v) is 5.47. The number of carbonyl (C=O) groups is 1. The molecule has 0 aliphatic carbocycles. The van der Waals surface area contributed by atoms with Crippen LogP contribution in [0.2, 0.25) is 0 Å². The van der Waals surface area contributed by atoms with Crippen LogP contribution in [0, 0.1) is 0 Å². The number of aromatic nitrogens is 2. The van der Waals surface area contributed by atoms with Crippen LogP contribution in [0.25, 0.3) is 11.0 Å². The second kappa shape index (κ2) is 10.6. The molecule has 1 saturated heterocycles. The number of carbonyl (C=O) groups excluding carboxylic acids is 1. The fourth-order valence-electron chi connectivity index (χ4n) is 4.08. The van der Waals surface area contributed by atoms with Crippen LogP contribution in [0.15, 0.2) is 48.5 Å². The number of rotatable bonds is 6. The first-order valence-electron chi connectivity index (χ1n) is 9.75. The minimum Gasteiger partial charge on any atom is -0.366 e. The molecule has 1 aliphatic rings. The molecule has 156 valence electrons. The normalized spacial score (nSPS) is 16.8. The number of aromatic amines is 1. The van der Waals surface area contributed by atoms with Crippen LogP contribution in [0.3, 0.4) is 0 Å². The standard InChI is InChI=1S/C22H26N4O.2ClH/c23-21(27)18-11-4-12-19-20(18)25-22(24-19)17-10-6-14-26(15-17)13-5-9-16-7-2-1-3-8-16;;/h1-4,7-8,11-12,17H,5-6,9-10,13-15H2,(H2,23,27)(H,24,25);2*1H. The molecule has 3 N–H and O–H groups in total. The Morgan fingerprint density at radius 3 is 2.69 bits per heavy atom. The van der Waals surface area contributed by atoms with Crippen LogP contribution in [-0.2, 0) is 6.42 Å². The van der Waals surface area contributed by atoms with Gasteiger partial charge in [-0.05, 0) is 56.5 Å². The Kier molecular flexibility index (Phi) is 8.50. The summed E-state index contributed by atoms with van der Waals surface area (Å²) in [5.74, 6) is 0.930. The van der Waals surface area contributed by atoms with Crippen molar-refractivity contribution in [3.63, 3.8) is 0 Å². The molecule has 1 unspecified atom stereocenters. The number of primary amides is 1. The number of piperidine rings is 1. The molecule has 0 spiro atoms. The average molecular weight is 435 g/mol. The molecule has 29 heavy (non-hydrogen) atoms. The van der Waals surface area contributed by atoms with E-state index < -0.39 is 5.91 Å². The van der Waals surface area contributed by atoms with E-state index in [0.29, 0.717) is 17.0 Å². The van der Waals surface area contributed by atoms with Crippen LogP contribution in [0.5, 0.6) is 0 Å². The van der Waals surface area contributed by atoms with Gasteiger partial charge in [0.2, 0.25) is 0 Å². The first kappa shape index (κ1) is 23.2. The van der Waals surface area contributed by atoms with Crippen molar-refractivity contribution in [1.82, 2.24) is 14.9 Å². The topological polar surface area (TPSA) is 75.0 Å². The zero-order valence-corrected chi connectivity index (χ0v) is 18.0. The number of nitrogens with zero attached hydrogens (tertiary/aromatic N) is 2. The molecule has 0 saturated carbocycles. The van der Waals surface area contributed by atoms with E-state index >= 15 is 0 Å². The highest BCUT2D eigenvalue weighted by molar-refractivity contribution is 6.04. The van der Waals surface area contributed by atoms with Gasteiger partial charge in [0.05, 0.1) is 11.1 Å². The van der Waals surface area contributed by atoms with Crippen molar-refractivity contribution in [1.29, 1.82) is 0 Å². The highest BCUT2D eigenvalue weighted by Gasteiger charge is 2.24. The van der Waals surface area contributed by atoms with Crippen molar-refractivity contribution in [2.75, 3.05) is 19.6 Å². The lowest BCUT2D eigenvalue weighted by Crippen LogP contribution is -2.35. The molecule has 1 atom stereocenters. The highest BCUT2D eigenvalue weighted by Crippen LogP contribution is 2.28. The van der Waals surface area contributed by atoms with Crippen molar-refractivity contribution in [2.45, 2.75) is 31.6 Å². The Balaban J connectivity index is 0.00000150. The van der Waals surface area contributed by atoms with Crippen molar-refractivity contribution < 1.29 is 4.79 Å². The molecule has 1 aromatic heterocycles. The van der Waals surface area contributed by atoms with Crippen LogP contribution in [-0.4, -0.2) is 40.4 Å². The van der Waals surface area contributed by atoms with Crippen molar-refractivity contribution in [2.24, 2.45) is 5.73 Å². The summed E-state index contributed by atoms with van der Waals surface area (Å²) in [7, 11) is 0. The Bertz CT molecular complexity index is 929. The van der Waals surface area contributed by atoms with E-state index in [1.54, 1.807) is 6.07 Å². The van der Waals surface area contributed by atoms with Gasteiger partial charge < -0.3 is 15.6 Å². The number of halogens is 2. The maximum atomic E-state index is 11.6. The third kappa shape index (κ3) is 5.50. The van der Waals surface area contributed by atoms with Gasteiger partial charge in [0.1, 0.15) is 11.3 Å². The molecule has 5 nitrogen and oxygen atoms in total. The maximum Gasteiger partial charge on any atom is 0.250 e. The highest BCUT2D eigenvalue weighted by atomic mass is 35.5. The largest absolute Gasteiger partial charge is 0.366 e. The number of benzene rings is 2. The number of amides is 1. The molecule has 2 heterocycles. The SMILES string of the molecule is Cl.Cl.NC(=O)c1cccc2[nH]c(C3CCCN(CCCc4ccccc4)C3)nc12. The number of H-pyrrole nitrogens is 1. The minimum atomic E-state index is -0.426. The molecular formula is C22H28Cl2N4O. The number of nitrogens with one attached hydrogen (secondary N) is 1. The molecule has 3 aromatic rings. The first-order valence-corrected chi connectivity index (χ1v) is 9.75. The predicted molar refractivity (Wildman–Crippen MR) is 122 cm³/mol. The van der Waals surface area contributed by atoms with E-state index in [1.165, 1.54) is 18.4 Å². The average Bonchev–Trinajstić information content (AvgIpc) is 3.13. The summed E-state index contributed by atoms with van der Waals surface area (Å²) in [4.78, 5) is 22.3. The van der Waals surface area contributed by atoms with E-state index in [2.05, 4.69) is 40.2 Å². The zero-order chi connectivity index (χ0) is 18.6. The van der Waals surface area contributed by atoms with E-state index in [9.17, 15) is 4.79 Å². The lowest BCUT2D eigenvalue weighted by molar-refractivity contribution is 0.100. The second-order valence-corrected chi connectivity index (χ2v) is 7.42. The Morgan fingerprint density at radius 1 is 1.14 bits per heavy atom. The number of nitrogens with two attached hydrogens (primary N) is 1. The predicted octanol–water partition coefficient (Wildman–Crippen LogP) is 4.32. The number of hydrogen-bond acceptors (Lipinski definition) is 3. The number of para-hydroxylation sites is 1. The lowest BCUT2D eigenvalue weighted by atomic mass is 9.97. The summed E-state index contributed by atoms with van der Waals surface area (Å²) >= 11 is 0. The fourth-order valence-corrected chi connectivity index (χ4v) is 4.08. The summed E-state index contributed by atoms with van der Waals surface area (Å²) in [6, 6.07) is 16.2. The number of likely N-dealkylation sites (tertiary alicyclic amines) is 1. The minimum absolute atomic E-state index is 0. The molecule has 1 aliphatic heterocycles. The van der Waals surface area contributed by atoms with Gasteiger partial charge in [-0.3, -0.25) is 4.79 Å². The molecular weight excluding hydrogens is 407 g/mol. The fraction of sp³-hybridized carbons (Fsp3) is 0.364. The van der Waals surface area contributed by atoms with Gasteiger partial charge in [-0.1, -0.05) is 36.4 Å².